The summed E-state index contributed by atoms with van der Waals surface area (Å²) in [6, 6.07) is 0.999. The molecule has 2 fully saturated rings. The van der Waals surface area contributed by atoms with Gasteiger partial charge in [-0.3, -0.25) is 9.69 Å². The van der Waals surface area contributed by atoms with Crippen LogP contribution >= 0.6 is 0 Å². The summed E-state index contributed by atoms with van der Waals surface area (Å²) in [6.07, 6.45) is 9.66. The second-order valence-electron chi connectivity index (χ2n) is 6.74. The molecule has 4 nitrogen and oxygen atoms in total. The first-order valence-electron chi connectivity index (χ1n) is 8.99. The molecule has 1 amide bonds. The molecule has 0 aromatic rings. The number of rotatable bonds is 6. The fraction of sp³-hybridized carbons (Fsp3) is 0.941. The number of carbonyl (C=O) groups excluding carboxylic acids is 1. The van der Waals surface area contributed by atoms with Gasteiger partial charge in [-0.2, -0.15) is 0 Å². The van der Waals surface area contributed by atoms with Crippen LogP contribution < -0.4 is 10.6 Å². The number of hydrogen-bond donors (Lipinski definition) is 2. The fourth-order valence-electron chi connectivity index (χ4n) is 3.81. The van der Waals surface area contributed by atoms with E-state index in [0.29, 0.717) is 12.1 Å². The zero-order valence-electron chi connectivity index (χ0n) is 13.9. The molecule has 0 spiro atoms. The van der Waals surface area contributed by atoms with Crippen molar-refractivity contribution in [2.45, 2.75) is 83.3 Å². The van der Waals surface area contributed by atoms with Crippen LogP contribution in [0.4, 0.5) is 0 Å². The molecule has 0 aromatic carbocycles. The highest BCUT2D eigenvalue weighted by molar-refractivity contribution is 5.81. The summed E-state index contributed by atoms with van der Waals surface area (Å²) >= 11 is 0. The summed E-state index contributed by atoms with van der Waals surface area (Å²) in [7, 11) is 0. The van der Waals surface area contributed by atoms with Crippen molar-refractivity contribution in [3.8, 4) is 0 Å². The standard InChI is InChI=1S/C17H33N3O/c1-3-13-20(16-9-11-18-12-10-16)14(2)17(21)19-15-7-5-4-6-8-15/h14-16,18H,3-13H2,1-2H3,(H,19,21). The Hall–Kier alpha value is -0.610. The van der Waals surface area contributed by atoms with E-state index in [9.17, 15) is 4.79 Å². The summed E-state index contributed by atoms with van der Waals surface area (Å²) < 4.78 is 0. The van der Waals surface area contributed by atoms with E-state index in [2.05, 4.69) is 29.4 Å². The van der Waals surface area contributed by atoms with Crippen molar-refractivity contribution in [3.63, 3.8) is 0 Å². The monoisotopic (exact) mass is 295 g/mol. The summed E-state index contributed by atoms with van der Waals surface area (Å²) in [5.41, 5.74) is 0. The number of nitrogens with one attached hydrogen (secondary N) is 2. The Morgan fingerprint density at radius 1 is 1.19 bits per heavy atom. The van der Waals surface area contributed by atoms with Crippen LogP contribution in [0.5, 0.6) is 0 Å². The Morgan fingerprint density at radius 2 is 1.86 bits per heavy atom. The van der Waals surface area contributed by atoms with E-state index >= 15 is 0 Å². The zero-order chi connectivity index (χ0) is 15.1. The molecule has 2 rings (SSSR count). The van der Waals surface area contributed by atoms with Gasteiger partial charge >= 0.3 is 0 Å². The predicted octanol–water partition coefficient (Wildman–Crippen LogP) is 2.29. The molecule has 1 atom stereocenters. The van der Waals surface area contributed by atoms with E-state index in [-0.39, 0.29) is 11.9 Å². The van der Waals surface area contributed by atoms with Crippen LogP contribution in [-0.2, 0) is 4.79 Å². The minimum Gasteiger partial charge on any atom is -0.352 e. The van der Waals surface area contributed by atoms with Crippen LogP contribution in [0.2, 0.25) is 0 Å². The van der Waals surface area contributed by atoms with Crippen molar-refractivity contribution in [2.75, 3.05) is 19.6 Å². The third kappa shape index (κ3) is 4.96. The van der Waals surface area contributed by atoms with Gasteiger partial charge in [-0.25, -0.2) is 0 Å². The van der Waals surface area contributed by atoms with E-state index in [4.69, 9.17) is 0 Å². The van der Waals surface area contributed by atoms with Crippen molar-refractivity contribution in [3.05, 3.63) is 0 Å². The molecule has 1 unspecified atom stereocenters. The van der Waals surface area contributed by atoms with Gasteiger partial charge < -0.3 is 10.6 Å². The third-order valence-corrected chi connectivity index (χ3v) is 5.09. The molecule has 1 saturated heterocycles. The van der Waals surface area contributed by atoms with Crippen LogP contribution in [0, 0.1) is 0 Å². The maximum Gasteiger partial charge on any atom is 0.237 e. The predicted molar refractivity (Wildman–Crippen MR) is 87.4 cm³/mol. The number of amides is 1. The average Bonchev–Trinajstić information content (AvgIpc) is 2.53. The van der Waals surface area contributed by atoms with E-state index in [0.717, 1.165) is 26.1 Å². The van der Waals surface area contributed by atoms with Crippen LogP contribution in [-0.4, -0.2) is 48.6 Å². The molecule has 1 heterocycles. The van der Waals surface area contributed by atoms with Gasteiger partial charge in [0.15, 0.2) is 0 Å². The lowest BCUT2D eigenvalue weighted by Crippen LogP contribution is -2.54. The highest BCUT2D eigenvalue weighted by atomic mass is 16.2. The minimum atomic E-state index is 0.00924. The Bertz CT molecular complexity index is 309. The molecule has 1 aliphatic heterocycles. The van der Waals surface area contributed by atoms with Gasteiger partial charge in [0, 0.05) is 12.1 Å². The van der Waals surface area contributed by atoms with Crippen molar-refractivity contribution < 1.29 is 4.79 Å². The molecule has 2 N–H and O–H groups in total. The van der Waals surface area contributed by atoms with Gasteiger partial charge in [0.1, 0.15) is 0 Å². The molecule has 2 aliphatic rings. The SMILES string of the molecule is CCCN(C1CCNCC1)C(C)C(=O)NC1CCCCC1. The first kappa shape index (κ1) is 16.8. The van der Waals surface area contributed by atoms with Gasteiger partial charge in [0.2, 0.25) is 5.91 Å². The van der Waals surface area contributed by atoms with Gasteiger partial charge in [-0.1, -0.05) is 26.2 Å². The van der Waals surface area contributed by atoms with Gasteiger partial charge in [-0.15, -0.1) is 0 Å². The lowest BCUT2D eigenvalue weighted by Gasteiger charge is -2.38. The summed E-state index contributed by atoms with van der Waals surface area (Å²) in [4.78, 5) is 15.0. The Labute approximate surface area is 130 Å². The first-order valence-corrected chi connectivity index (χ1v) is 8.99. The zero-order valence-corrected chi connectivity index (χ0v) is 13.9. The average molecular weight is 295 g/mol. The summed E-state index contributed by atoms with van der Waals surface area (Å²) in [5.74, 6) is 0.244. The lowest BCUT2D eigenvalue weighted by molar-refractivity contribution is -0.128. The highest BCUT2D eigenvalue weighted by Crippen LogP contribution is 2.19. The maximum absolute atomic E-state index is 12.6. The first-order chi connectivity index (χ1) is 10.2. The molecule has 122 valence electrons. The molecular formula is C17H33N3O. The van der Waals surface area contributed by atoms with Crippen LogP contribution in [0.15, 0.2) is 0 Å². The molecule has 21 heavy (non-hydrogen) atoms. The number of piperidine rings is 1. The van der Waals surface area contributed by atoms with Crippen LogP contribution in [0.3, 0.4) is 0 Å². The molecule has 4 heteroatoms. The largest absolute Gasteiger partial charge is 0.352 e. The van der Waals surface area contributed by atoms with Gasteiger partial charge in [0.05, 0.1) is 6.04 Å². The van der Waals surface area contributed by atoms with Crippen LogP contribution in [0.1, 0.15) is 65.2 Å². The van der Waals surface area contributed by atoms with E-state index in [1.165, 1.54) is 44.9 Å². The normalized spacial score (nSPS) is 23.2. The Balaban J connectivity index is 1.89. The summed E-state index contributed by atoms with van der Waals surface area (Å²) in [6.45, 7) is 7.50. The molecule has 1 aliphatic carbocycles. The number of carbonyl (C=O) groups is 1. The van der Waals surface area contributed by atoms with Gasteiger partial charge in [0.25, 0.3) is 0 Å². The lowest BCUT2D eigenvalue weighted by atomic mass is 9.95. The van der Waals surface area contributed by atoms with Crippen LogP contribution in [0.25, 0.3) is 0 Å². The third-order valence-electron chi connectivity index (χ3n) is 5.09. The van der Waals surface area contributed by atoms with Crippen molar-refractivity contribution >= 4 is 5.91 Å². The quantitative estimate of drug-likeness (QED) is 0.790. The fourth-order valence-corrected chi connectivity index (χ4v) is 3.81. The van der Waals surface area contributed by atoms with E-state index < -0.39 is 0 Å². The molecule has 1 saturated carbocycles. The van der Waals surface area contributed by atoms with Crippen molar-refractivity contribution in [1.29, 1.82) is 0 Å². The Kier molecular flexibility index (Phi) is 6.97. The van der Waals surface area contributed by atoms with Crippen molar-refractivity contribution in [1.82, 2.24) is 15.5 Å². The second-order valence-corrected chi connectivity index (χ2v) is 6.74. The summed E-state index contributed by atoms with van der Waals surface area (Å²) in [5, 5.41) is 6.72. The maximum atomic E-state index is 12.6. The number of hydrogen-bond acceptors (Lipinski definition) is 3. The smallest absolute Gasteiger partial charge is 0.237 e. The van der Waals surface area contributed by atoms with E-state index in [1.54, 1.807) is 0 Å². The van der Waals surface area contributed by atoms with Crippen molar-refractivity contribution in [2.24, 2.45) is 0 Å². The topological polar surface area (TPSA) is 44.4 Å². The highest BCUT2D eigenvalue weighted by Gasteiger charge is 2.29. The Morgan fingerprint density at radius 3 is 2.48 bits per heavy atom. The molecule has 0 bridgehead atoms. The molecular weight excluding hydrogens is 262 g/mol. The van der Waals surface area contributed by atoms with Gasteiger partial charge in [-0.05, 0) is 58.7 Å². The molecule has 0 aromatic heterocycles. The molecule has 0 radical (unpaired) electrons. The second kappa shape index (κ2) is 8.74. The number of nitrogens with zero attached hydrogens (tertiary/aromatic N) is 1. The van der Waals surface area contributed by atoms with E-state index in [1.807, 2.05) is 0 Å². The minimum absolute atomic E-state index is 0.00924.